The molecule has 4 N–H and O–H groups in total. The SMILES string of the molecule is NCC(=O)NC1CCCC(Nc2nc(N3CCOCC3)cc(-n3c(C(F)F)nc4ccccc43)n2)C1. The highest BCUT2D eigenvalue weighted by atomic mass is 19.3. The normalized spacial score (nSPS) is 20.6. The number of halogens is 2. The second kappa shape index (κ2) is 10.7. The average molecular weight is 501 g/mol. The number of hydrogen-bond donors (Lipinski definition) is 3. The second-order valence-corrected chi connectivity index (χ2v) is 9.08. The van der Waals surface area contributed by atoms with Gasteiger partial charge in [0.1, 0.15) is 11.6 Å². The Bertz CT molecular complexity index is 1210. The first kappa shape index (κ1) is 24.3. The van der Waals surface area contributed by atoms with E-state index >= 15 is 0 Å². The lowest BCUT2D eigenvalue weighted by Crippen LogP contribution is -2.44. The van der Waals surface area contributed by atoms with E-state index in [0.29, 0.717) is 61.3 Å². The Morgan fingerprint density at radius 3 is 2.64 bits per heavy atom. The molecule has 2 unspecified atom stereocenters. The second-order valence-electron chi connectivity index (χ2n) is 9.08. The number of nitrogens with zero attached hydrogens (tertiary/aromatic N) is 5. The third-order valence-corrected chi connectivity index (χ3v) is 6.60. The molecule has 2 aliphatic rings. The van der Waals surface area contributed by atoms with Crippen LogP contribution < -0.4 is 21.3 Å². The molecule has 0 spiro atoms. The Balaban J connectivity index is 1.51. The summed E-state index contributed by atoms with van der Waals surface area (Å²) >= 11 is 0. The van der Waals surface area contributed by atoms with Crippen molar-refractivity contribution in [1.29, 1.82) is 0 Å². The molecular formula is C24H30F2N8O2. The van der Waals surface area contributed by atoms with Crippen LogP contribution in [0.2, 0.25) is 0 Å². The first-order valence-corrected chi connectivity index (χ1v) is 12.3. The molecule has 3 aromatic rings. The van der Waals surface area contributed by atoms with E-state index in [-0.39, 0.29) is 30.4 Å². The molecule has 2 atom stereocenters. The summed E-state index contributed by atoms with van der Waals surface area (Å²) in [6.07, 6.45) is 0.600. The quantitative estimate of drug-likeness (QED) is 0.452. The number of para-hydroxylation sites is 2. The maximum Gasteiger partial charge on any atom is 0.296 e. The highest BCUT2D eigenvalue weighted by Gasteiger charge is 2.26. The van der Waals surface area contributed by atoms with E-state index in [1.807, 2.05) is 0 Å². The summed E-state index contributed by atoms with van der Waals surface area (Å²) in [4.78, 5) is 27.4. The van der Waals surface area contributed by atoms with Gasteiger partial charge in [-0.2, -0.15) is 9.97 Å². The van der Waals surface area contributed by atoms with E-state index in [2.05, 4.69) is 25.5 Å². The van der Waals surface area contributed by atoms with E-state index in [9.17, 15) is 13.6 Å². The Morgan fingerprint density at radius 1 is 1.11 bits per heavy atom. The lowest BCUT2D eigenvalue weighted by molar-refractivity contribution is -0.120. The number of imidazole rings is 1. The van der Waals surface area contributed by atoms with Gasteiger partial charge in [-0.25, -0.2) is 13.8 Å². The molecule has 1 saturated carbocycles. The Labute approximate surface area is 207 Å². The van der Waals surface area contributed by atoms with Gasteiger partial charge in [0, 0.05) is 31.2 Å². The Kier molecular flexibility index (Phi) is 7.23. The van der Waals surface area contributed by atoms with Gasteiger partial charge in [0.2, 0.25) is 11.9 Å². The van der Waals surface area contributed by atoms with Crippen LogP contribution in [0.3, 0.4) is 0 Å². The lowest BCUT2D eigenvalue weighted by atomic mass is 9.91. The van der Waals surface area contributed by atoms with Crippen molar-refractivity contribution in [3.05, 3.63) is 36.2 Å². The van der Waals surface area contributed by atoms with Gasteiger partial charge in [-0.1, -0.05) is 12.1 Å². The number of nitrogens with two attached hydrogens (primary N) is 1. The number of alkyl halides is 2. The number of amides is 1. The molecule has 0 radical (unpaired) electrons. The van der Waals surface area contributed by atoms with Gasteiger partial charge in [0.15, 0.2) is 5.82 Å². The monoisotopic (exact) mass is 500 g/mol. The number of rotatable bonds is 7. The molecule has 1 amide bonds. The largest absolute Gasteiger partial charge is 0.378 e. The summed E-state index contributed by atoms with van der Waals surface area (Å²) in [6, 6.07) is 8.77. The summed E-state index contributed by atoms with van der Waals surface area (Å²) in [5.41, 5.74) is 6.47. The topological polar surface area (TPSA) is 123 Å². The number of benzene rings is 1. The van der Waals surface area contributed by atoms with Crippen molar-refractivity contribution in [3.8, 4) is 5.82 Å². The average Bonchev–Trinajstić information content (AvgIpc) is 3.29. The molecular weight excluding hydrogens is 470 g/mol. The van der Waals surface area contributed by atoms with Crippen LogP contribution in [0.5, 0.6) is 0 Å². The molecule has 3 heterocycles. The molecule has 10 nitrogen and oxygen atoms in total. The number of ether oxygens (including phenoxy) is 1. The number of hydrogen-bond acceptors (Lipinski definition) is 8. The highest BCUT2D eigenvalue weighted by Crippen LogP contribution is 2.30. The molecule has 1 aliphatic heterocycles. The summed E-state index contributed by atoms with van der Waals surface area (Å²) in [7, 11) is 0. The zero-order chi connectivity index (χ0) is 25.1. The predicted octanol–water partition coefficient (Wildman–Crippen LogP) is 2.39. The van der Waals surface area contributed by atoms with Gasteiger partial charge in [0.25, 0.3) is 6.43 Å². The van der Waals surface area contributed by atoms with E-state index < -0.39 is 6.43 Å². The summed E-state index contributed by atoms with van der Waals surface area (Å²) in [5, 5.41) is 6.36. The van der Waals surface area contributed by atoms with E-state index in [1.54, 1.807) is 30.3 Å². The van der Waals surface area contributed by atoms with Crippen molar-refractivity contribution in [1.82, 2.24) is 24.8 Å². The number of carbonyl (C=O) groups excluding carboxylic acids is 1. The van der Waals surface area contributed by atoms with E-state index in [1.165, 1.54) is 4.57 Å². The summed E-state index contributed by atoms with van der Waals surface area (Å²) < 4.78 is 35.0. The highest BCUT2D eigenvalue weighted by molar-refractivity contribution is 5.78. The third-order valence-electron chi connectivity index (χ3n) is 6.60. The minimum atomic E-state index is -2.78. The van der Waals surface area contributed by atoms with Crippen molar-refractivity contribution >= 4 is 28.7 Å². The van der Waals surface area contributed by atoms with Crippen LogP contribution in [0.4, 0.5) is 20.5 Å². The number of nitrogens with one attached hydrogen (secondary N) is 2. The number of carbonyl (C=O) groups is 1. The van der Waals surface area contributed by atoms with Gasteiger partial charge in [-0.3, -0.25) is 9.36 Å². The molecule has 1 aromatic carbocycles. The number of fused-ring (bicyclic) bond motifs is 1. The lowest BCUT2D eigenvalue weighted by Gasteiger charge is -2.31. The number of aromatic nitrogens is 4. The minimum absolute atomic E-state index is 0.0113. The van der Waals surface area contributed by atoms with Crippen molar-refractivity contribution in [2.45, 2.75) is 44.2 Å². The van der Waals surface area contributed by atoms with Crippen LogP contribution in [0.1, 0.15) is 37.9 Å². The Morgan fingerprint density at radius 2 is 1.86 bits per heavy atom. The van der Waals surface area contributed by atoms with Crippen molar-refractivity contribution in [3.63, 3.8) is 0 Å². The molecule has 2 fully saturated rings. The van der Waals surface area contributed by atoms with E-state index in [4.69, 9.17) is 15.5 Å². The van der Waals surface area contributed by atoms with Crippen LogP contribution in [0.25, 0.3) is 16.9 Å². The Hall–Kier alpha value is -3.38. The van der Waals surface area contributed by atoms with E-state index in [0.717, 1.165) is 19.3 Å². The molecule has 1 aliphatic carbocycles. The fourth-order valence-corrected chi connectivity index (χ4v) is 4.91. The van der Waals surface area contributed by atoms with Gasteiger partial charge in [-0.15, -0.1) is 0 Å². The maximum absolute atomic E-state index is 14.0. The van der Waals surface area contributed by atoms with Crippen molar-refractivity contribution in [2.75, 3.05) is 43.1 Å². The van der Waals surface area contributed by atoms with Gasteiger partial charge in [-0.05, 0) is 37.8 Å². The standard InChI is InChI=1S/C24H30F2N8O2/c25-22(26)23-30-17-6-1-2-7-18(17)34(23)20-13-19(33-8-10-36-11-9-33)31-24(32-20)29-16-5-3-4-15(12-16)28-21(35)14-27/h1-2,6-7,13,15-16,22H,3-5,8-12,14,27H2,(H,28,35)(H,29,31,32). The fraction of sp³-hybridized carbons (Fsp3) is 0.500. The molecule has 5 rings (SSSR count). The van der Waals surface area contributed by atoms with Gasteiger partial charge >= 0.3 is 0 Å². The first-order valence-electron chi connectivity index (χ1n) is 12.3. The molecule has 192 valence electrons. The van der Waals surface area contributed by atoms with Crippen LogP contribution in [0, 0.1) is 0 Å². The fourth-order valence-electron chi connectivity index (χ4n) is 4.91. The van der Waals surface area contributed by atoms with Crippen LogP contribution in [-0.2, 0) is 9.53 Å². The number of morpholine rings is 1. The zero-order valence-electron chi connectivity index (χ0n) is 19.9. The minimum Gasteiger partial charge on any atom is -0.378 e. The van der Waals surface area contributed by atoms with Crippen LogP contribution >= 0.6 is 0 Å². The van der Waals surface area contributed by atoms with Crippen LogP contribution in [0.15, 0.2) is 30.3 Å². The molecule has 1 saturated heterocycles. The van der Waals surface area contributed by atoms with Gasteiger partial charge in [0.05, 0.1) is 30.8 Å². The van der Waals surface area contributed by atoms with Crippen molar-refractivity contribution in [2.24, 2.45) is 5.73 Å². The number of anilines is 2. The molecule has 12 heteroatoms. The maximum atomic E-state index is 14.0. The summed E-state index contributed by atoms with van der Waals surface area (Å²) in [5.74, 6) is 0.758. The van der Waals surface area contributed by atoms with Gasteiger partial charge < -0.3 is 26.0 Å². The smallest absolute Gasteiger partial charge is 0.296 e. The molecule has 0 bridgehead atoms. The molecule has 2 aromatic heterocycles. The zero-order valence-corrected chi connectivity index (χ0v) is 19.9. The predicted molar refractivity (Wildman–Crippen MR) is 132 cm³/mol. The van der Waals surface area contributed by atoms with Crippen molar-refractivity contribution < 1.29 is 18.3 Å². The van der Waals surface area contributed by atoms with Crippen LogP contribution in [-0.4, -0.2) is 70.4 Å². The molecule has 36 heavy (non-hydrogen) atoms. The summed E-state index contributed by atoms with van der Waals surface area (Å²) in [6.45, 7) is 2.35. The first-order chi connectivity index (χ1) is 17.5. The third kappa shape index (κ3) is 5.24.